The molecule has 3 rings (SSSR count). The molecule has 0 atom stereocenters. The third-order valence-electron chi connectivity index (χ3n) is 3.47. The summed E-state index contributed by atoms with van der Waals surface area (Å²) in [7, 11) is 0. The van der Waals surface area contributed by atoms with Crippen molar-refractivity contribution in [3.05, 3.63) is 84.4 Å². The minimum absolute atomic E-state index is 0.405. The van der Waals surface area contributed by atoms with E-state index in [0.29, 0.717) is 5.56 Å². The summed E-state index contributed by atoms with van der Waals surface area (Å²) in [5.74, 6) is -0.405. The normalized spacial score (nSPS) is 10.3. The first-order chi connectivity index (χ1) is 10.2. The molecule has 2 nitrogen and oxygen atoms in total. The Hall–Kier alpha value is -2.87. The highest BCUT2D eigenvalue weighted by Gasteiger charge is 2.04. The van der Waals surface area contributed by atoms with Gasteiger partial charge in [-0.2, -0.15) is 0 Å². The van der Waals surface area contributed by atoms with Crippen LogP contribution in [-0.2, 0) is 0 Å². The predicted octanol–water partition coefficient (Wildman–Crippen LogP) is 4.12. The fraction of sp³-hybridized carbons (Fsp3) is 0. The van der Waals surface area contributed by atoms with Crippen LogP contribution in [0.15, 0.2) is 78.9 Å². The Morgan fingerprint density at radius 3 is 1.76 bits per heavy atom. The van der Waals surface area contributed by atoms with Crippen LogP contribution in [0.25, 0.3) is 22.3 Å². The molecule has 0 aromatic heterocycles. The van der Waals surface area contributed by atoms with Gasteiger partial charge in [-0.25, -0.2) is 0 Å². The highest BCUT2D eigenvalue weighted by Crippen LogP contribution is 2.25. The van der Waals surface area contributed by atoms with Crippen LogP contribution >= 0.6 is 0 Å². The van der Waals surface area contributed by atoms with Gasteiger partial charge in [0.05, 0.1) is 0 Å². The van der Waals surface area contributed by atoms with Crippen LogP contribution < -0.4 is 5.73 Å². The second-order valence-electron chi connectivity index (χ2n) is 4.89. The molecule has 0 unspecified atom stereocenters. The third kappa shape index (κ3) is 2.84. The molecular formula is C19H15NO. The smallest absolute Gasteiger partial charge is 0.248 e. The highest BCUT2D eigenvalue weighted by atomic mass is 16.1. The standard InChI is InChI=1S/C19H15NO/c20-19(21)18-8-4-7-17(13-18)16-11-9-15(10-12-16)14-5-2-1-3-6-14/h1-13H,(H2,20,21). The van der Waals surface area contributed by atoms with Gasteiger partial charge in [0, 0.05) is 5.56 Å². The number of nitrogens with two attached hydrogens (primary N) is 1. The number of amides is 1. The molecule has 0 radical (unpaired) electrons. The summed E-state index contributed by atoms with van der Waals surface area (Å²) in [5.41, 5.74) is 10.3. The molecule has 102 valence electrons. The van der Waals surface area contributed by atoms with Crippen molar-refractivity contribution in [1.29, 1.82) is 0 Å². The minimum atomic E-state index is -0.405. The summed E-state index contributed by atoms with van der Waals surface area (Å²) < 4.78 is 0. The Kier molecular flexibility index (Phi) is 3.52. The highest BCUT2D eigenvalue weighted by molar-refractivity contribution is 5.94. The third-order valence-corrected chi connectivity index (χ3v) is 3.47. The van der Waals surface area contributed by atoms with Crippen LogP contribution in [0, 0.1) is 0 Å². The quantitative estimate of drug-likeness (QED) is 0.766. The molecule has 3 aromatic carbocycles. The minimum Gasteiger partial charge on any atom is -0.366 e. The van der Waals surface area contributed by atoms with E-state index in [-0.39, 0.29) is 0 Å². The van der Waals surface area contributed by atoms with E-state index >= 15 is 0 Å². The van der Waals surface area contributed by atoms with Crippen LogP contribution in [0.5, 0.6) is 0 Å². The Labute approximate surface area is 123 Å². The summed E-state index contributed by atoms with van der Waals surface area (Å²) in [6.45, 7) is 0. The van der Waals surface area contributed by atoms with Crippen molar-refractivity contribution in [2.45, 2.75) is 0 Å². The zero-order valence-electron chi connectivity index (χ0n) is 11.5. The molecule has 1 amide bonds. The van der Waals surface area contributed by atoms with E-state index in [1.165, 1.54) is 11.1 Å². The van der Waals surface area contributed by atoms with Crippen LogP contribution in [-0.4, -0.2) is 5.91 Å². The molecule has 0 aliphatic heterocycles. The van der Waals surface area contributed by atoms with Crippen molar-refractivity contribution < 1.29 is 4.79 Å². The van der Waals surface area contributed by atoms with Crippen molar-refractivity contribution in [3.8, 4) is 22.3 Å². The Morgan fingerprint density at radius 1 is 0.619 bits per heavy atom. The first kappa shape index (κ1) is 13.1. The molecule has 0 heterocycles. The Morgan fingerprint density at radius 2 is 1.14 bits per heavy atom. The van der Waals surface area contributed by atoms with E-state index in [9.17, 15) is 4.79 Å². The molecule has 0 fully saturated rings. The number of benzene rings is 3. The molecule has 0 aliphatic rings. The lowest BCUT2D eigenvalue weighted by Gasteiger charge is -2.06. The van der Waals surface area contributed by atoms with E-state index < -0.39 is 5.91 Å². The first-order valence-electron chi connectivity index (χ1n) is 6.80. The lowest BCUT2D eigenvalue weighted by atomic mass is 9.99. The van der Waals surface area contributed by atoms with Gasteiger partial charge in [-0.15, -0.1) is 0 Å². The predicted molar refractivity (Wildman–Crippen MR) is 85.8 cm³/mol. The molecule has 2 N–H and O–H groups in total. The van der Waals surface area contributed by atoms with E-state index in [1.807, 2.05) is 36.4 Å². The second-order valence-corrected chi connectivity index (χ2v) is 4.89. The molecule has 0 saturated heterocycles. The molecule has 21 heavy (non-hydrogen) atoms. The van der Waals surface area contributed by atoms with Crippen molar-refractivity contribution in [2.75, 3.05) is 0 Å². The van der Waals surface area contributed by atoms with Crippen molar-refractivity contribution in [2.24, 2.45) is 5.73 Å². The fourth-order valence-corrected chi connectivity index (χ4v) is 2.34. The molecular weight excluding hydrogens is 258 g/mol. The van der Waals surface area contributed by atoms with Gasteiger partial charge in [-0.1, -0.05) is 66.7 Å². The van der Waals surface area contributed by atoms with E-state index in [4.69, 9.17) is 5.73 Å². The van der Waals surface area contributed by atoms with Gasteiger partial charge in [0.2, 0.25) is 5.91 Å². The number of rotatable bonds is 3. The van der Waals surface area contributed by atoms with Gasteiger partial charge in [0.25, 0.3) is 0 Å². The fourth-order valence-electron chi connectivity index (χ4n) is 2.34. The molecule has 2 heteroatoms. The molecule has 0 aliphatic carbocycles. The summed E-state index contributed by atoms with van der Waals surface area (Å²) >= 11 is 0. The van der Waals surface area contributed by atoms with Crippen LogP contribution in [0.2, 0.25) is 0 Å². The summed E-state index contributed by atoms with van der Waals surface area (Å²) in [6.07, 6.45) is 0. The van der Waals surface area contributed by atoms with E-state index in [2.05, 4.69) is 36.4 Å². The zero-order valence-corrected chi connectivity index (χ0v) is 11.5. The number of carbonyl (C=O) groups excluding carboxylic acids is 1. The maximum atomic E-state index is 11.2. The van der Waals surface area contributed by atoms with E-state index in [0.717, 1.165) is 11.1 Å². The van der Waals surface area contributed by atoms with Gasteiger partial charge >= 0.3 is 0 Å². The van der Waals surface area contributed by atoms with Gasteiger partial charge in [-0.3, -0.25) is 4.79 Å². The SMILES string of the molecule is NC(=O)c1cccc(-c2ccc(-c3ccccc3)cc2)c1. The number of hydrogen-bond donors (Lipinski definition) is 1. The summed E-state index contributed by atoms with van der Waals surface area (Å²) in [4.78, 5) is 11.2. The molecule has 3 aromatic rings. The summed E-state index contributed by atoms with van der Waals surface area (Å²) in [6, 6.07) is 25.9. The zero-order chi connectivity index (χ0) is 14.7. The van der Waals surface area contributed by atoms with Gasteiger partial charge in [-0.05, 0) is 34.4 Å². The van der Waals surface area contributed by atoms with Crippen molar-refractivity contribution in [1.82, 2.24) is 0 Å². The molecule has 0 saturated carbocycles. The lowest BCUT2D eigenvalue weighted by molar-refractivity contribution is 0.100. The van der Waals surface area contributed by atoms with Crippen LogP contribution in [0.3, 0.4) is 0 Å². The molecule has 0 bridgehead atoms. The van der Waals surface area contributed by atoms with Crippen molar-refractivity contribution in [3.63, 3.8) is 0 Å². The number of carbonyl (C=O) groups is 1. The van der Waals surface area contributed by atoms with Crippen LogP contribution in [0.1, 0.15) is 10.4 Å². The van der Waals surface area contributed by atoms with Gasteiger partial charge < -0.3 is 5.73 Å². The Balaban J connectivity index is 1.94. The van der Waals surface area contributed by atoms with Crippen LogP contribution in [0.4, 0.5) is 0 Å². The lowest BCUT2D eigenvalue weighted by Crippen LogP contribution is -2.10. The maximum Gasteiger partial charge on any atom is 0.248 e. The Bertz CT molecular complexity index is 761. The average Bonchev–Trinajstić information content (AvgIpc) is 2.56. The number of primary amides is 1. The second kappa shape index (κ2) is 5.63. The molecule has 0 spiro atoms. The van der Waals surface area contributed by atoms with E-state index in [1.54, 1.807) is 6.07 Å². The van der Waals surface area contributed by atoms with Gasteiger partial charge in [0.15, 0.2) is 0 Å². The summed E-state index contributed by atoms with van der Waals surface area (Å²) in [5, 5.41) is 0. The average molecular weight is 273 g/mol. The monoisotopic (exact) mass is 273 g/mol. The topological polar surface area (TPSA) is 43.1 Å². The van der Waals surface area contributed by atoms with Gasteiger partial charge in [0.1, 0.15) is 0 Å². The largest absolute Gasteiger partial charge is 0.366 e. The first-order valence-corrected chi connectivity index (χ1v) is 6.80. The maximum absolute atomic E-state index is 11.2. The number of hydrogen-bond acceptors (Lipinski definition) is 1. The van der Waals surface area contributed by atoms with Crippen molar-refractivity contribution >= 4 is 5.91 Å².